The molecule has 1 aliphatic rings. The number of carbonyl (C=O) groups is 1. The van der Waals surface area contributed by atoms with Gasteiger partial charge in [0.05, 0.1) is 5.25 Å². The Labute approximate surface area is 133 Å². The van der Waals surface area contributed by atoms with E-state index in [2.05, 4.69) is 15.9 Å². The molecule has 1 amide bonds. The van der Waals surface area contributed by atoms with Crippen LogP contribution in [0.25, 0.3) is 0 Å². The minimum Gasteiger partial charge on any atom is -0.337 e. The zero-order valence-electron chi connectivity index (χ0n) is 11.7. The van der Waals surface area contributed by atoms with Crippen LogP contribution in [0.1, 0.15) is 26.2 Å². The lowest BCUT2D eigenvalue weighted by molar-refractivity contribution is -0.133. The Morgan fingerprint density at radius 3 is 2.80 bits per heavy atom. The van der Waals surface area contributed by atoms with E-state index in [1.54, 1.807) is 11.8 Å². The maximum atomic E-state index is 12.6. The molecule has 2 unspecified atom stereocenters. The van der Waals surface area contributed by atoms with Crippen LogP contribution in [-0.4, -0.2) is 35.2 Å². The van der Waals surface area contributed by atoms with Gasteiger partial charge in [-0.15, -0.1) is 11.8 Å². The maximum Gasteiger partial charge on any atom is 0.236 e. The Balaban J connectivity index is 1.98. The van der Waals surface area contributed by atoms with Crippen molar-refractivity contribution in [3.63, 3.8) is 0 Å². The van der Waals surface area contributed by atoms with E-state index in [0.717, 1.165) is 28.8 Å². The average Bonchev–Trinajstić information content (AvgIpc) is 2.48. The second kappa shape index (κ2) is 7.48. The van der Waals surface area contributed by atoms with Crippen molar-refractivity contribution in [2.45, 2.75) is 42.4 Å². The molecular weight excluding hydrogens is 336 g/mol. The van der Waals surface area contributed by atoms with Crippen molar-refractivity contribution in [3.8, 4) is 0 Å². The van der Waals surface area contributed by atoms with Crippen molar-refractivity contribution < 1.29 is 4.79 Å². The molecule has 2 rings (SSSR count). The third-order valence-corrected chi connectivity index (χ3v) is 5.28. The van der Waals surface area contributed by atoms with Gasteiger partial charge in [0.1, 0.15) is 0 Å². The maximum absolute atomic E-state index is 12.6. The number of hydrogen-bond donors (Lipinski definition) is 1. The molecule has 5 heteroatoms. The monoisotopic (exact) mass is 356 g/mol. The number of piperidine rings is 1. The number of benzene rings is 1. The SMILES string of the molecule is CC(Sc1ccc(Br)cc1)C(=O)N1CCCCC1CN. The molecule has 110 valence electrons. The number of halogens is 1. The summed E-state index contributed by atoms with van der Waals surface area (Å²) in [5.74, 6) is 0.216. The highest BCUT2D eigenvalue weighted by Gasteiger charge is 2.29. The van der Waals surface area contributed by atoms with Gasteiger partial charge in [-0.1, -0.05) is 15.9 Å². The molecule has 3 nitrogen and oxygen atoms in total. The summed E-state index contributed by atoms with van der Waals surface area (Å²) in [5.41, 5.74) is 5.79. The summed E-state index contributed by atoms with van der Waals surface area (Å²) < 4.78 is 1.06. The van der Waals surface area contributed by atoms with Crippen molar-refractivity contribution in [2.24, 2.45) is 5.73 Å². The number of nitrogens with zero attached hydrogens (tertiary/aromatic N) is 1. The molecule has 1 aliphatic heterocycles. The first-order chi connectivity index (χ1) is 9.61. The van der Waals surface area contributed by atoms with Crippen LogP contribution in [0.2, 0.25) is 0 Å². The van der Waals surface area contributed by atoms with E-state index in [4.69, 9.17) is 5.73 Å². The molecule has 1 saturated heterocycles. The van der Waals surface area contributed by atoms with E-state index in [0.29, 0.717) is 6.54 Å². The summed E-state index contributed by atoms with van der Waals surface area (Å²) in [6.07, 6.45) is 3.32. The molecule has 20 heavy (non-hydrogen) atoms. The van der Waals surface area contributed by atoms with E-state index in [1.807, 2.05) is 36.1 Å². The fourth-order valence-corrected chi connectivity index (χ4v) is 3.74. The number of likely N-dealkylation sites (tertiary alicyclic amines) is 1. The van der Waals surface area contributed by atoms with Crippen LogP contribution in [0.15, 0.2) is 33.6 Å². The zero-order chi connectivity index (χ0) is 14.5. The van der Waals surface area contributed by atoms with Gasteiger partial charge in [0, 0.05) is 28.5 Å². The van der Waals surface area contributed by atoms with E-state index >= 15 is 0 Å². The number of hydrogen-bond acceptors (Lipinski definition) is 3. The Morgan fingerprint density at radius 1 is 1.45 bits per heavy atom. The highest BCUT2D eigenvalue weighted by molar-refractivity contribution is 9.10. The smallest absolute Gasteiger partial charge is 0.236 e. The summed E-state index contributed by atoms with van der Waals surface area (Å²) >= 11 is 5.04. The molecule has 1 heterocycles. The third-order valence-electron chi connectivity index (χ3n) is 3.66. The topological polar surface area (TPSA) is 46.3 Å². The fourth-order valence-electron chi connectivity index (χ4n) is 2.54. The molecule has 2 N–H and O–H groups in total. The van der Waals surface area contributed by atoms with Crippen LogP contribution in [0.5, 0.6) is 0 Å². The molecule has 1 aromatic rings. The second-order valence-electron chi connectivity index (χ2n) is 5.13. The second-order valence-corrected chi connectivity index (χ2v) is 7.46. The Morgan fingerprint density at radius 2 is 2.15 bits per heavy atom. The molecule has 0 aromatic heterocycles. The number of nitrogens with two attached hydrogens (primary N) is 1. The van der Waals surface area contributed by atoms with E-state index in [1.165, 1.54) is 6.42 Å². The number of carbonyl (C=O) groups excluding carboxylic acids is 1. The molecule has 0 saturated carbocycles. The summed E-state index contributed by atoms with van der Waals surface area (Å²) in [5, 5.41) is -0.0664. The molecule has 1 aromatic carbocycles. The Bertz CT molecular complexity index is 452. The lowest BCUT2D eigenvalue weighted by atomic mass is 10.0. The molecular formula is C15H21BrN2OS. The third kappa shape index (κ3) is 3.99. The van der Waals surface area contributed by atoms with Gasteiger partial charge in [-0.2, -0.15) is 0 Å². The van der Waals surface area contributed by atoms with Crippen molar-refractivity contribution in [3.05, 3.63) is 28.7 Å². The minimum absolute atomic E-state index is 0.0664. The first-order valence-electron chi connectivity index (χ1n) is 7.04. The van der Waals surface area contributed by atoms with Gasteiger partial charge in [-0.05, 0) is 50.5 Å². The first-order valence-corrected chi connectivity index (χ1v) is 8.72. The number of thioether (sulfide) groups is 1. The van der Waals surface area contributed by atoms with Gasteiger partial charge < -0.3 is 10.6 Å². The van der Waals surface area contributed by atoms with Crippen LogP contribution in [0.4, 0.5) is 0 Å². The fraction of sp³-hybridized carbons (Fsp3) is 0.533. The normalized spacial score (nSPS) is 20.8. The highest BCUT2D eigenvalue weighted by atomic mass is 79.9. The highest BCUT2D eigenvalue weighted by Crippen LogP contribution is 2.27. The van der Waals surface area contributed by atoms with Crippen LogP contribution in [0, 0.1) is 0 Å². The van der Waals surface area contributed by atoms with Gasteiger partial charge in [0.25, 0.3) is 0 Å². The molecule has 0 aliphatic carbocycles. The van der Waals surface area contributed by atoms with Crippen molar-refractivity contribution in [2.75, 3.05) is 13.1 Å². The number of rotatable bonds is 4. The Hall–Kier alpha value is -0.520. The first kappa shape index (κ1) is 15.9. The quantitative estimate of drug-likeness (QED) is 0.842. The average molecular weight is 357 g/mol. The van der Waals surface area contributed by atoms with Gasteiger partial charge in [-0.3, -0.25) is 4.79 Å². The van der Waals surface area contributed by atoms with E-state index < -0.39 is 0 Å². The van der Waals surface area contributed by atoms with Crippen LogP contribution >= 0.6 is 27.7 Å². The summed E-state index contributed by atoms with van der Waals surface area (Å²) in [6, 6.07) is 8.31. The Kier molecular flexibility index (Phi) is 5.93. The van der Waals surface area contributed by atoms with Crippen LogP contribution < -0.4 is 5.73 Å². The lowest BCUT2D eigenvalue weighted by Crippen LogP contribution is -2.49. The molecule has 0 radical (unpaired) electrons. The zero-order valence-corrected chi connectivity index (χ0v) is 14.1. The molecule has 1 fully saturated rings. The summed E-state index contributed by atoms with van der Waals surface area (Å²) in [7, 11) is 0. The predicted octanol–water partition coefficient (Wildman–Crippen LogP) is 3.27. The summed E-state index contributed by atoms with van der Waals surface area (Å²) in [4.78, 5) is 15.7. The van der Waals surface area contributed by atoms with E-state index in [9.17, 15) is 4.79 Å². The van der Waals surface area contributed by atoms with E-state index in [-0.39, 0.29) is 17.2 Å². The largest absolute Gasteiger partial charge is 0.337 e. The van der Waals surface area contributed by atoms with Crippen LogP contribution in [-0.2, 0) is 4.79 Å². The standard InChI is InChI=1S/C15H21BrN2OS/c1-11(20-14-7-5-12(16)6-8-14)15(19)18-9-3-2-4-13(18)10-17/h5-8,11,13H,2-4,9-10,17H2,1H3. The molecule has 2 atom stereocenters. The van der Waals surface area contributed by atoms with Gasteiger partial charge in [0.15, 0.2) is 0 Å². The summed E-state index contributed by atoms with van der Waals surface area (Å²) in [6.45, 7) is 3.41. The van der Waals surface area contributed by atoms with Gasteiger partial charge in [-0.25, -0.2) is 0 Å². The van der Waals surface area contributed by atoms with Crippen molar-refractivity contribution in [1.82, 2.24) is 4.90 Å². The predicted molar refractivity (Wildman–Crippen MR) is 87.9 cm³/mol. The number of amides is 1. The van der Waals surface area contributed by atoms with Crippen molar-refractivity contribution >= 4 is 33.6 Å². The molecule has 0 spiro atoms. The molecule has 0 bridgehead atoms. The van der Waals surface area contributed by atoms with Crippen LogP contribution in [0.3, 0.4) is 0 Å². The minimum atomic E-state index is -0.0664. The van der Waals surface area contributed by atoms with Gasteiger partial charge >= 0.3 is 0 Å². The van der Waals surface area contributed by atoms with Gasteiger partial charge in [0.2, 0.25) is 5.91 Å². The lowest BCUT2D eigenvalue weighted by Gasteiger charge is -2.36. The van der Waals surface area contributed by atoms with Crippen molar-refractivity contribution in [1.29, 1.82) is 0 Å².